The van der Waals surface area contributed by atoms with Crippen molar-refractivity contribution in [3.63, 3.8) is 0 Å². The molecule has 0 aliphatic heterocycles. The van der Waals surface area contributed by atoms with E-state index >= 15 is 0 Å². The summed E-state index contributed by atoms with van der Waals surface area (Å²) in [7, 11) is -2.57. The smallest absolute Gasteiger partial charge is 0.122 e. The molecule has 2 aromatic carbocycles. The maximum atomic E-state index is 12.7. The summed E-state index contributed by atoms with van der Waals surface area (Å²) in [6.07, 6.45) is 0.711. The van der Waals surface area contributed by atoms with Crippen molar-refractivity contribution >= 4 is 27.2 Å². The van der Waals surface area contributed by atoms with Gasteiger partial charge in [0.25, 0.3) is 0 Å². The summed E-state index contributed by atoms with van der Waals surface area (Å²) in [5, 5.41) is 0.599. The number of hydrogen-bond donors (Lipinski definition) is 1. The van der Waals surface area contributed by atoms with Gasteiger partial charge in [-0.15, -0.1) is 0 Å². The quantitative estimate of drug-likeness (QED) is 0.769. The van der Waals surface area contributed by atoms with E-state index in [4.69, 9.17) is 16.3 Å². The largest absolute Gasteiger partial charge is 0.494 e. The number of ether oxygens (including phenoxy) is 1. The molecule has 0 amide bonds. The van der Waals surface area contributed by atoms with Crippen molar-refractivity contribution in [1.82, 2.24) is 4.72 Å². The van der Waals surface area contributed by atoms with Crippen LogP contribution in [-0.2, 0) is 16.1 Å². The van der Waals surface area contributed by atoms with Gasteiger partial charge in [-0.25, -0.2) is 8.93 Å². The molecule has 1 N–H and O–H groups in total. The molecule has 1 atom stereocenters. The summed E-state index contributed by atoms with van der Waals surface area (Å²) in [4.78, 5) is 0.617. The van der Waals surface area contributed by atoms with Crippen molar-refractivity contribution in [3.8, 4) is 5.75 Å². The van der Waals surface area contributed by atoms with Gasteiger partial charge in [-0.05, 0) is 55.5 Å². The molecule has 0 bridgehead atoms. The van der Waals surface area contributed by atoms with E-state index in [0.717, 1.165) is 16.9 Å². The second kappa shape index (κ2) is 7.86. The number of benzene rings is 2. The lowest BCUT2D eigenvalue weighted by molar-refractivity contribution is 0.336. The third-order valence-electron chi connectivity index (χ3n) is 3.53. The molecule has 0 aromatic heterocycles. The first kappa shape index (κ1) is 17.9. The Hall–Kier alpha value is -1.49. The summed E-state index contributed by atoms with van der Waals surface area (Å²) in [6.45, 7) is 5.03. The van der Waals surface area contributed by atoms with Gasteiger partial charge in [0.05, 0.1) is 16.3 Å². The molecule has 0 fully saturated rings. The number of aryl methyl sites for hydroxylation is 1. The Morgan fingerprint density at radius 2 is 2.00 bits per heavy atom. The summed E-state index contributed by atoms with van der Waals surface area (Å²) in [6, 6.07) is 13.2. The zero-order valence-electron chi connectivity index (χ0n) is 13.5. The molecule has 2 rings (SSSR count). The third-order valence-corrected chi connectivity index (χ3v) is 5.62. The fraction of sp³-hybridized carbons (Fsp3) is 0.278. The van der Waals surface area contributed by atoms with E-state index in [0.29, 0.717) is 29.5 Å². The van der Waals surface area contributed by atoms with Crippen LogP contribution in [0, 0.1) is 6.92 Å². The highest BCUT2D eigenvalue weighted by Gasteiger charge is 2.10. The fourth-order valence-electron chi connectivity index (χ4n) is 2.22. The third kappa shape index (κ3) is 4.74. The molecule has 0 saturated heterocycles. The highest BCUT2D eigenvalue weighted by Crippen LogP contribution is 2.21. The van der Waals surface area contributed by atoms with Crippen LogP contribution in [0.4, 0.5) is 0 Å². The number of nitrogens with one attached hydrogen (secondary N) is 1. The molecule has 0 heterocycles. The standard InChI is InChI=1S/C18H22ClNO2S/c1-4-22-18-8-6-5-7-15(18)11-12-20-23(3,21)16-10-9-14(2)17(19)13-16/h5-10,13H,3-4,11-12H2,1-2H3,(H,20,21). The Bertz CT molecular complexity index is 772. The molecule has 0 aliphatic carbocycles. The second-order valence-corrected chi connectivity index (χ2v) is 7.79. The first-order valence-corrected chi connectivity index (χ1v) is 9.63. The zero-order valence-corrected chi connectivity index (χ0v) is 15.0. The van der Waals surface area contributed by atoms with Crippen molar-refractivity contribution in [1.29, 1.82) is 0 Å². The number of para-hydroxylation sites is 1. The van der Waals surface area contributed by atoms with Gasteiger partial charge in [0.15, 0.2) is 0 Å². The van der Waals surface area contributed by atoms with Crippen LogP contribution in [0.15, 0.2) is 47.4 Å². The fourth-order valence-corrected chi connectivity index (χ4v) is 3.66. The van der Waals surface area contributed by atoms with E-state index in [1.54, 1.807) is 12.1 Å². The number of rotatable bonds is 7. The van der Waals surface area contributed by atoms with Gasteiger partial charge in [-0.1, -0.05) is 35.9 Å². The Labute approximate surface area is 143 Å². The Morgan fingerprint density at radius 1 is 1.26 bits per heavy atom. The Balaban J connectivity index is 2.04. The first-order chi connectivity index (χ1) is 10.9. The number of hydrogen-bond acceptors (Lipinski definition) is 2. The first-order valence-electron chi connectivity index (χ1n) is 7.52. The minimum absolute atomic E-state index is 0.540. The highest BCUT2D eigenvalue weighted by molar-refractivity contribution is 7.98. The molecule has 23 heavy (non-hydrogen) atoms. The molecule has 0 aliphatic rings. The summed E-state index contributed by atoms with van der Waals surface area (Å²) in [5.74, 6) is 4.69. The normalized spacial score (nSPS) is 13.5. The van der Waals surface area contributed by atoms with Crippen LogP contribution >= 0.6 is 11.6 Å². The topological polar surface area (TPSA) is 38.3 Å². The maximum absolute atomic E-state index is 12.7. The van der Waals surface area contributed by atoms with Gasteiger partial charge < -0.3 is 4.74 Å². The van der Waals surface area contributed by atoms with Crippen molar-refractivity contribution in [2.45, 2.75) is 25.2 Å². The lowest BCUT2D eigenvalue weighted by Gasteiger charge is -2.14. The van der Waals surface area contributed by atoms with Crippen LogP contribution in [0.1, 0.15) is 18.1 Å². The van der Waals surface area contributed by atoms with Crippen LogP contribution in [0.25, 0.3) is 0 Å². The summed E-state index contributed by atoms with van der Waals surface area (Å²) < 4.78 is 21.4. The predicted octanol–water partition coefficient (Wildman–Crippen LogP) is 3.87. The van der Waals surface area contributed by atoms with E-state index in [1.807, 2.05) is 44.2 Å². The Morgan fingerprint density at radius 3 is 2.70 bits per heavy atom. The minimum Gasteiger partial charge on any atom is -0.494 e. The van der Waals surface area contributed by atoms with Gasteiger partial charge in [-0.3, -0.25) is 0 Å². The van der Waals surface area contributed by atoms with Crippen LogP contribution in [-0.4, -0.2) is 23.2 Å². The monoisotopic (exact) mass is 351 g/mol. The van der Waals surface area contributed by atoms with E-state index < -0.39 is 9.71 Å². The van der Waals surface area contributed by atoms with Crippen LogP contribution < -0.4 is 9.46 Å². The molecule has 0 spiro atoms. The Kier molecular flexibility index (Phi) is 6.10. The second-order valence-electron chi connectivity index (χ2n) is 5.27. The van der Waals surface area contributed by atoms with Gasteiger partial charge in [0.2, 0.25) is 0 Å². The lowest BCUT2D eigenvalue weighted by Crippen LogP contribution is -2.26. The highest BCUT2D eigenvalue weighted by atomic mass is 35.5. The molecule has 1 unspecified atom stereocenters. The predicted molar refractivity (Wildman–Crippen MR) is 99.0 cm³/mol. The average molecular weight is 352 g/mol. The van der Waals surface area contributed by atoms with Crippen LogP contribution in [0.2, 0.25) is 5.02 Å². The van der Waals surface area contributed by atoms with E-state index in [1.165, 1.54) is 0 Å². The molecular weight excluding hydrogens is 330 g/mol. The molecule has 2 aromatic rings. The summed E-state index contributed by atoms with van der Waals surface area (Å²) in [5.41, 5.74) is 2.04. The zero-order chi connectivity index (χ0) is 16.9. The van der Waals surface area contributed by atoms with E-state index in [9.17, 15) is 4.21 Å². The van der Waals surface area contributed by atoms with Gasteiger partial charge in [-0.2, -0.15) is 0 Å². The molecule has 0 saturated carbocycles. The molecule has 124 valence electrons. The molecule has 5 heteroatoms. The van der Waals surface area contributed by atoms with Crippen molar-refractivity contribution in [2.75, 3.05) is 13.2 Å². The average Bonchev–Trinajstić information content (AvgIpc) is 2.52. The van der Waals surface area contributed by atoms with Crippen molar-refractivity contribution in [2.24, 2.45) is 0 Å². The molecular formula is C18H22ClNO2S. The van der Waals surface area contributed by atoms with Crippen molar-refractivity contribution < 1.29 is 8.95 Å². The number of halogens is 1. The van der Waals surface area contributed by atoms with E-state index in [2.05, 4.69) is 10.6 Å². The van der Waals surface area contributed by atoms with E-state index in [-0.39, 0.29) is 0 Å². The van der Waals surface area contributed by atoms with Gasteiger partial charge >= 0.3 is 0 Å². The molecule has 3 nitrogen and oxygen atoms in total. The lowest BCUT2D eigenvalue weighted by atomic mass is 10.1. The van der Waals surface area contributed by atoms with Gasteiger partial charge in [0.1, 0.15) is 5.75 Å². The SMILES string of the molecule is C=S(=O)(NCCc1ccccc1OCC)c1ccc(C)c(Cl)c1. The van der Waals surface area contributed by atoms with Gasteiger partial charge in [0, 0.05) is 16.5 Å². The van der Waals surface area contributed by atoms with Crippen molar-refractivity contribution in [3.05, 3.63) is 58.6 Å². The maximum Gasteiger partial charge on any atom is 0.122 e. The minimum atomic E-state index is -2.57. The molecule has 0 radical (unpaired) electrons. The van der Waals surface area contributed by atoms with Crippen LogP contribution in [0.5, 0.6) is 5.75 Å². The van der Waals surface area contributed by atoms with Crippen LogP contribution in [0.3, 0.4) is 0 Å². The summed E-state index contributed by atoms with van der Waals surface area (Å²) >= 11 is 6.11.